The highest BCUT2D eigenvalue weighted by Gasteiger charge is 2.16. The highest BCUT2D eigenvalue weighted by atomic mass is 32.1. The first kappa shape index (κ1) is 32.4. The number of hydrogen-bond donors (Lipinski definition) is 0. The van der Waals surface area contributed by atoms with Crippen molar-refractivity contribution in [3.8, 4) is 33.4 Å². The van der Waals surface area contributed by atoms with Gasteiger partial charge in [0.05, 0.1) is 0 Å². The van der Waals surface area contributed by atoms with E-state index in [1.54, 1.807) is 0 Å². The van der Waals surface area contributed by atoms with Gasteiger partial charge < -0.3 is 4.90 Å². The van der Waals surface area contributed by atoms with Crippen LogP contribution in [0.4, 0.5) is 17.1 Å². The molecule has 0 aliphatic heterocycles. The van der Waals surface area contributed by atoms with E-state index in [9.17, 15) is 0 Å². The van der Waals surface area contributed by atoms with E-state index in [-0.39, 0.29) is 0 Å². The Morgan fingerprint density at radius 3 is 1.43 bits per heavy atom. The molecule has 1 aromatic heterocycles. The highest BCUT2D eigenvalue weighted by Crippen LogP contribution is 2.43. The minimum Gasteiger partial charge on any atom is -0.310 e. The van der Waals surface area contributed by atoms with Crippen molar-refractivity contribution in [3.05, 3.63) is 212 Å². The Bertz CT molecular complexity index is 3210. The van der Waals surface area contributed by atoms with E-state index in [2.05, 4.69) is 217 Å². The Morgan fingerprint density at radius 1 is 0.268 bits per heavy atom. The van der Waals surface area contributed by atoms with Crippen LogP contribution >= 0.6 is 11.3 Å². The van der Waals surface area contributed by atoms with E-state index in [1.807, 2.05) is 11.3 Å². The molecule has 11 aromatic rings. The zero-order valence-corrected chi connectivity index (χ0v) is 31.4. The Balaban J connectivity index is 0.978. The summed E-state index contributed by atoms with van der Waals surface area (Å²) in [5, 5.41) is 10.3. The molecule has 0 aliphatic rings. The smallest absolute Gasteiger partial charge is 0.0468 e. The van der Waals surface area contributed by atoms with Crippen LogP contribution in [0.25, 0.3) is 85.9 Å². The summed E-state index contributed by atoms with van der Waals surface area (Å²) in [6, 6.07) is 77.7. The molecule has 0 atom stereocenters. The van der Waals surface area contributed by atoms with Crippen LogP contribution in [0.2, 0.25) is 0 Å². The molecule has 0 saturated heterocycles. The second-order valence-corrected chi connectivity index (χ2v) is 15.6. The zero-order valence-electron chi connectivity index (χ0n) is 30.6. The maximum atomic E-state index is 2.39. The minimum atomic E-state index is 1.12. The molecule has 262 valence electrons. The first-order valence-corrected chi connectivity index (χ1v) is 20.0. The lowest BCUT2D eigenvalue weighted by atomic mass is 9.92. The number of rotatable bonds is 6. The molecule has 1 nitrogen and oxygen atoms in total. The lowest BCUT2D eigenvalue weighted by Crippen LogP contribution is -2.09. The fourth-order valence-electron chi connectivity index (χ4n) is 8.41. The average Bonchev–Trinajstić information content (AvgIpc) is 3.63. The van der Waals surface area contributed by atoms with Crippen LogP contribution < -0.4 is 4.90 Å². The van der Waals surface area contributed by atoms with Crippen LogP contribution in [0.3, 0.4) is 0 Å². The SMILES string of the molecule is c1ccc(-c2ccc(N(c3ccc(-c4ccc(-c5cc6ccccc6c6ccccc56)cc4)cc3)c3ccc4sc5cc6ccccc6cc5c4c3)cc2)cc1. The van der Waals surface area contributed by atoms with Crippen LogP contribution in [0, 0.1) is 0 Å². The Kier molecular flexibility index (Phi) is 7.75. The molecule has 1 heterocycles. The predicted octanol–water partition coefficient (Wildman–Crippen LogP) is 16.0. The molecule has 0 saturated carbocycles. The van der Waals surface area contributed by atoms with Crippen molar-refractivity contribution in [1.29, 1.82) is 0 Å². The second kappa shape index (κ2) is 13.4. The predicted molar refractivity (Wildman–Crippen MR) is 243 cm³/mol. The van der Waals surface area contributed by atoms with Crippen molar-refractivity contribution in [2.45, 2.75) is 0 Å². The van der Waals surface area contributed by atoms with Crippen molar-refractivity contribution in [3.63, 3.8) is 0 Å². The van der Waals surface area contributed by atoms with E-state index < -0.39 is 0 Å². The summed E-state index contributed by atoms with van der Waals surface area (Å²) in [6.45, 7) is 0. The first-order chi connectivity index (χ1) is 27.7. The molecule has 11 rings (SSSR count). The molecule has 56 heavy (non-hydrogen) atoms. The fraction of sp³-hybridized carbons (Fsp3) is 0. The summed E-state index contributed by atoms with van der Waals surface area (Å²) in [7, 11) is 0. The van der Waals surface area contributed by atoms with Gasteiger partial charge in [0.2, 0.25) is 0 Å². The summed E-state index contributed by atoms with van der Waals surface area (Å²) in [4.78, 5) is 2.39. The number of fused-ring (bicyclic) bond motifs is 7. The summed E-state index contributed by atoms with van der Waals surface area (Å²) < 4.78 is 2.62. The van der Waals surface area contributed by atoms with Crippen molar-refractivity contribution in [2.24, 2.45) is 0 Å². The number of benzene rings is 10. The molecule has 0 unspecified atom stereocenters. The largest absolute Gasteiger partial charge is 0.310 e. The Labute approximate surface area is 330 Å². The third-order valence-electron chi connectivity index (χ3n) is 11.2. The van der Waals surface area contributed by atoms with Crippen LogP contribution in [0.5, 0.6) is 0 Å². The quantitative estimate of drug-likeness (QED) is 0.154. The van der Waals surface area contributed by atoms with Gasteiger partial charge in [-0.15, -0.1) is 11.3 Å². The van der Waals surface area contributed by atoms with Gasteiger partial charge in [-0.2, -0.15) is 0 Å². The number of nitrogens with zero attached hydrogens (tertiary/aromatic N) is 1. The van der Waals surface area contributed by atoms with Crippen molar-refractivity contribution < 1.29 is 0 Å². The normalized spacial score (nSPS) is 11.6. The molecule has 10 aromatic carbocycles. The van der Waals surface area contributed by atoms with Crippen LogP contribution in [0.15, 0.2) is 212 Å². The van der Waals surface area contributed by atoms with Gasteiger partial charge in [0.1, 0.15) is 0 Å². The van der Waals surface area contributed by atoms with Gasteiger partial charge in [0, 0.05) is 37.2 Å². The van der Waals surface area contributed by atoms with Gasteiger partial charge in [-0.05, 0) is 126 Å². The lowest BCUT2D eigenvalue weighted by molar-refractivity contribution is 1.29. The van der Waals surface area contributed by atoms with Crippen molar-refractivity contribution in [2.75, 3.05) is 4.90 Å². The van der Waals surface area contributed by atoms with Crippen LogP contribution in [-0.2, 0) is 0 Å². The summed E-state index contributed by atoms with van der Waals surface area (Å²) in [5.41, 5.74) is 10.7. The first-order valence-electron chi connectivity index (χ1n) is 19.2. The number of anilines is 3. The van der Waals surface area contributed by atoms with Gasteiger partial charge in [0.15, 0.2) is 0 Å². The molecular formula is C54H35NS. The lowest BCUT2D eigenvalue weighted by Gasteiger charge is -2.26. The molecule has 0 amide bonds. The summed E-state index contributed by atoms with van der Waals surface area (Å²) >= 11 is 1.87. The molecular weight excluding hydrogens is 695 g/mol. The van der Waals surface area contributed by atoms with E-state index in [0.717, 1.165) is 17.1 Å². The van der Waals surface area contributed by atoms with E-state index in [1.165, 1.54) is 85.9 Å². The topological polar surface area (TPSA) is 3.24 Å². The third-order valence-corrected chi connectivity index (χ3v) is 12.4. The maximum absolute atomic E-state index is 2.39. The highest BCUT2D eigenvalue weighted by molar-refractivity contribution is 7.25. The average molecular weight is 730 g/mol. The second-order valence-electron chi connectivity index (χ2n) is 14.5. The molecule has 0 aliphatic carbocycles. The zero-order chi connectivity index (χ0) is 37.0. The number of thiophene rings is 1. The fourth-order valence-corrected chi connectivity index (χ4v) is 9.52. The minimum absolute atomic E-state index is 1.12. The molecule has 0 spiro atoms. The van der Waals surface area contributed by atoms with Crippen LogP contribution in [0.1, 0.15) is 0 Å². The molecule has 0 radical (unpaired) electrons. The van der Waals surface area contributed by atoms with E-state index >= 15 is 0 Å². The van der Waals surface area contributed by atoms with Gasteiger partial charge in [-0.1, -0.05) is 152 Å². The molecule has 0 N–H and O–H groups in total. The number of hydrogen-bond acceptors (Lipinski definition) is 2. The molecule has 2 heteroatoms. The Hall–Kier alpha value is -7.00. The molecule has 0 fully saturated rings. The van der Waals surface area contributed by atoms with Crippen molar-refractivity contribution in [1.82, 2.24) is 0 Å². The molecule has 0 bridgehead atoms. The standard InChI is InChI=1S/C54H35NS/c1-2-10-36(11-3-1)38-22-26-44(27-23-38)55(46-30-31-53-52(35-46)51-32-41-12-4-5-13-42(41)34-54(51)56-53)45-28-24-39(25-29-45)37-18-20-40(21-19-37)50-33-43-14-6-7-15-47(43)48-16-8-9-17-49(48)50/h1-35H. The van der Waals surface area contributed by atoms with E-state index in [0.29, 0.717) is 0 Å². The third kappa shape index (κ3) is 5.62. The van der Waals surface area contributed by atoms with E-state index in [4.69, 9.17) is 0 Å². The van der Waals surface area contributed by atoms with Crippen molar-refractivity contribution >= 4 is 80.9 Å². The monoisotopic (exact) mass is 729 g/mol. The van der Waals surface area contributed by atoms with Gasteiger partial charge in [0.25, 0.3) is 0 Å². The maximum Gasteiger partial charge on any atom is 0.0468 e. The van der Waals surface area contributed by atoms with Crippen LogP contribution in [-0.4, -0.2) is 0 Å². The Morgan fingerprint density at radius 2 is 0.750 bits per heavy atom. The van der Waals surface area contributed by atoms with Gasteiger partial charge >= 0.3 is 0 Å². The van der Waals surface area contributed by atoms with Gasteiger partial charge in [-0.3, -0.25) is 0 Å². The van der Waals surface area contributed by atoms with Gasteiger partial charge in [-0.25, -0.2) is 0 Å². The summed E-state index contributed by atoms with van der Waals surface area (Å²) in [5.74, 6) is 0. The summed E-state index contributed by atoms with van der Waals surface area (Å²) in [6.07, 6.45) is 0.